The Hall–Kier alpha value is -5.18. The summed E-state index contributed by atoms with van der Waals surface area (Å²) in [4.78, 5) is 82.4. The summed E-state index contributed by atoms with van der Waals surface area (Å²) in [6, 6.07) is 11.4. The van der Waals surface area contributed by atoms with Crippen LogP contribution in [0.3, 0.4) is 0 Å². The van der Waals surface area contributed by atoms with Crippen LogP contribution < -0.4 is 31.5 Å². The van der Waals surface area contributed by atoms with Gasteiger partial charge >= 0.3 is 6.09 Å². The highest BCUT2D eigenvalue weighted by Crippen LogP contribution is 2.27. The number of nitrogens with one attached hydrogen (secondary N) is 5. The minimum Gasteiger partial charge on any atom is -0.489 e. The van der Waals surface area contributed by atoms with Crippen molar-refractivity contribution in [1.29, 1.82) is 0 Å². The molecule has 318 valence electrons. The molecule has 1 unspecified atom stereocenters. The Morgan fingerprint density at radius 1 is 0.741 bits per heavy atom. The van der Waals surface area contributed by atoms with Gasteiger partial charge in [0.2, 0.25) is 17.7 Å². The molecule has 1 saturated carbocycles. The number of hydrogen-bond acceptors (Lipinski definition) is 9. The third-order valence-electron chi connectivity index (χ3n) is 10.4. The Morgan fingerprint density at radius 2 is 1.40 bits per heavy atom. The third-order valence-corrected chi connectivity index (χ3v) is 10.4. The smallest absolute Gasteiger partial charge is 0.410 e. The van der Waals surface area contributed by atoms with Crippen molar-refractivity contribution in [1.82, 2.24) is 31.6 Å². The molecule has 1 aliphatic carbocycles. The molecule has 0 radical (unpaired) electrons. The van der Waals surface area contributed by atoms with Crippen LogP contribution in [0, 0.1) is 11.8 Å². The SMILES string of the molecule is CC(C)C[C@H](NC(=O)[C@@H]1CCCN1C(=O)OC(C)(C)C)C(=O)NC(C(=O)NO)C(=O)N[C@@H](Cc1ccc(OCc2ccccc2)cc1)C(=O)N[C@H](C)C1CCCCC1. The first-order chi connectivity index (χ1) is 27.5. The molecule has 15 nitrogen and oxygen atoms in total. The number of amides is 6. The fraction of sp³-hybridized carbons (Fsp3) is 0.581. The van der Waals surface area contributed by atoms with Crippen molar-refractivity contribution >= 4 is 35.6 Å². The van der Waals surface area contributed by atoms with Crippen LogP contribution in [0.4, 0.5) is 4.79 Å². The zero-order chi connectivity index (χ0) is 42.4. The average molecular weight is 807 g/mol. The highest BCUT2D eigenvalue weighted by molar-refractivity contribution is 6.08. The molecule has 58 heavy (non-hydrogen) atoms. The van der Waals surface area contributed by atoms with Gasteiger partial charge < -0.3 is 30.7 Å². The molecule has 4 rings (SSSR count). The molecule has 15 heteroatoms. The van der Waals surface area contributed by atoms with Gasteiger partial charge in [0.05, 0.1) is 0 Å². The number of hydrogen-bond donors (Lipinski definition) is 6. The molecule has 5 atom stereocenters. The molecule has 2 aliphatic rings. The summed E-state index contributed by atoms with van der Waals surface area (Å²) in [7, 11) is 0. The monoisotopic (exact) mass is 806 g/mol. The number of ether oxygens (including phenoxy) is 2. The molecule has 0 aromatic heterocycles. The Balaban J connectivity index is 1.50. The standard InChI is InChI=1S/C43H62N6O9/c1-27(2)24-33(45-39(52)35-18-13-23-49(35)42(55)58-43(4,5)6)38(51)47-36(41(54)48-56)40(53)46-34(37(50)44-28(3)31-16-11-8-12-17-31)25-29-19-21-32(22-20-29)57-26-30-14-9-7-10-15-30/h7,9-10,14-15,19-22,27-28,31,33-36,56H,8,11-13,16-18,23-26H2,1-6H3,(H,44,50)(H,45,52)(H,46,53)(H,47,51)(H,48,54)/t28-,33+,34+,35+,36?/m1/s1. The third kappa shape index (κ3) is 14.0. The lowest BCUT2D eigenvalue weighted by molar-refractivity contribution is -0.143. The van der Waals surface area contributed by atoms with Crippen molar-refractivity contribution in [2.24, 2.45) is 11.8 Å². The van der Waals surface area contributed by atoms with Gasteiger partial charge in [-0.05, 0) is 94.9 Å². The minimum atomic E-state index is -1.98. The fourth-order valence-electron chi connectivity index (χ4n) is 7.35. The maximum atomic E-state index is 13.9. The van der Waals surface area contributed by atoms with Crippen LogP contribution in [-0.2, 0) is 41.7 Å². The Morgan fingerprint density at radius 3 is 2.02 bits per heavy atom. The van der Waals surface area contributed by atoms with E-state index >= 15 is 0 Å². The van der Waals surface area contributed by atoms with E-state index in [1.165, 1.54) is 10.4 Å². The average Bonchev–Trinajstić information content (AvgIpc) is 3.69. The molecule has 2 fully saturated rings. The van der Waals surface area contributed by atoms with E-state index in [1.807, 2.05) is 51.1 Å². The van der Waals surface area contributed by atoms with Gasteiger partial charge in [-0.2, -0.15) is 0 Å². The molecule has 1 heterocycles. The van der Waals surface area contributed by atoms with E-state index in [1.54, 1.807) is 45.0 Å². The van der Waals surface area contributed by atoms with Gasteiger partial charge in [-0.3, -0.25) is 34.1 Å². The summed E-state index contributed by atoms with van der Waals surface area (Å²) in [5.74, 6) is -3.45. The second-order valence-corrected chi connectivity index (χ2v) is 16.8. The van der Waals surface area contributed by atoms with Crippen LogP contribution in [0.2, 0.25) is 0 Å². The molecule has 6 amide bonds. The molecule has 6 N–H and O–H groups in total. The first-order valence-electron chi connectivity index (χ1n) is 20.4. The number of carbonyl (C=O) groups is 6. The van der Waals surface area contributed by atoms with Crippen LogP contribution in [0.15, 0.2) is 54.6 Å². The summed E-state index contributed by atoms with van der Waals surface area (Å²) >= 11 is 0. The van der Waals surface area contributed by atoms with Crippen molar-refractivity contribution < 1.29 is 43.4 Å². The quantitative estimate of drug-likeness (QED) is 0.0766. The van der Waals surface area contributed by atoms with E-state index in [2.05, 4.69) is 21.3 Å². The van der Waals surface area contributed by atoms with Crippen molar-refractivity contribution in [3.05, 3.63) is 65.7 Å². The van der Waals surface area contributed by atoms with Crippen molar-refractivity contribution in [2.75, 3.05) is 6.54 Å². The zero-order valence-electron chi connectivity index (χ0n) is 34.7. The van der Waals surface area contributed by atoms with Gasteiger partial charge in [0.1, 0.15) is 36.1 Å². The summed E-state index contributed by atoms with van der Waals surface area (Å²) in [5.41, 5.74) is 2.35. The van der Waals surface area contributed by atoms with E-state index in [0.717, 1.165) is 37.7 Å². The summed E-state index contributed by atoms with van der Waals surface area (Å²) < 4.78 is 11.4. The largest absolute Gasteiger partial charge is 0.489 e. The lowest BCUT2D eigenvalue weighted by Gasteiger charge is -2.30. The summed E-state index contributed by atoms with van der Waals surface area (Å²) in [5, 5.41) is 20.4. The Labute approximate surface area is 341 Å². The van der Waals surface area contributed by atoms with Crippen LogP contribution in [0.25, 0.3) is 0 Å². The van der Waals surface area contributed by atoms with E-state index in [4.69, 9.17) is 9.47 Å². The maximum Gasteiger partial charge on any atom is 0.410 e. The predicted molar refractivity (Wildman–Crippen MR) is 216 cm³/mol. The minimum absolute atomic E-state index is 0.0386. The normalized spacial score (nSPS) is 17.9. The molecule has 0 spiro atoms. The highest BCUT2D eigenvalue weighted by atomic mass is 16.6. The first kappa shape index (κ1) is 45.5. The molecule has 0 bridgehead atoms. The first-order valence-corrected chi connectivity index (χ1v) is 20.4. The molecule has 2 aromatic rings. The van der Waals surface area contributed by atoms with Gasteiger partial charge in [0, 0.05) is 19.0 Å². The number of benzene rings is 2. The predicted octanol–water partition coefficient (Wildman–Crippen LogP) is 4.30. The van der Waals surface area contributed by atoms with E-state index in [9.17, 15) is 34.0 Å². The number of nitrogens with zero attached hydrogens (tertiary/aromatic N) is 1. The van der Waals surface area contributed by atoms with E-state index < -0.39 is 65.4 Å². The second-order valence-electron chi connectivity index (χ2n) is 16.8. The zero-order valence-corrected chi connectivity index (χ0v) is 34.7. The van der Waals surface area contributed by atoms with E-state index in [0.29, 0.717) is 37.3 Å². The number of carbonyl (C=O) groups excluding carboxylic acids is 6. The fourth-order valence-corrected chi connectivity index (χ4v) is 7.35. The van der Waals surface area contributed by atoms with Crippen molar-refractivity contribution in [3.8, 4) is 5.75 Å². The second kappa shape index (κ2) is 21.5. The maximum absolute atomic E-state index is 13.9. The van der Waals surface area contributed by atoms with Crippen LogP contribution in [0.5, 0.6) is 5.75 Å². The number of likely N-dealkylation sites (tertiary alicyclic amines) is 1. The molecular formula is C43H62N6O9. The van der Waals surface area contributed by atoms with E-state index in [-0.39, 0.29) is 30.7 Å². The molecular weight excluding hydrogens is 745 g/mol. The lowest BCUT2D eigenvalue weighted by atomic mass is 9.84. The van der Waals surface area contributed by atoms with Crippen molar-refractivity contribution in [2.45, 2.75) is 142 Å². The van der Waals surface area contributed by atoms with Crippen molar-refractivity contribution in [3.63, 3.8) is 0 Å². The van der Waals surface area contributed by atoms with Gasteiger partial charge in [0.15, 0.2) is 6.04 Å². The van der Waals surface area contributed by atoms with Gasteiger partial charge in [-0.25, -0.2) is 10.3 Å². The van der Waals surface area contributed by atoms with Gasteiger partial charge in [-0.1, -0.05) is 75.6 Å². The molecule has 1 aliphatic heterocycles. The Kier molecular flexibility index (Phi) is 16.9. The van der Waals surface area contributed by atoms with Gasteiger partial charge in [0.25, 0.3) is 11.8 Å². The van der Waals surface area contributed by atoms with Crippen LogP contribution in [0.1, 0.15) is 104 Å². The number of hydroxylamine groups is 1. The summed E-state index contributed by atoms with van der Waals surface area (Å²) in [6.07, 6.45) is 5.66. The molecule has 2 aromatic carbocycles. The van der Waals surface area contributed by atoms with Crippen LogP contribution >= 0.6 is 0 Å². The number of rotatable bonds is 17. The molecule has 1 saturated heterocycles. The summed E-state index contributed by atoms with van der Waals surface area (Å²) in [6.45, 7) is 11.4. The van der Waals surface area contributed by atoms with Crippen LogP contribution in [-0.4, -0.2) is 88.1 Å². The Bertz CT molecular complexity index is 1690. The van der Waals surface area contributed by atoms with Gasteiger partial charge in [-0.15, -0.1) is 0 Å². The highest BCUT2D eigenvalue weighted by Gasteiger charge is 2.40. The topological polar surface area (TPSA) is 204 Å². The lowest BCUT2D eigenvalue weighted by Crippen LogP contribution is -2.62.